The lowest BCUT2D eigenvalue weighted by atomic mass is 10.1. The van der Waals surface area contributed by atoms with Crippen LogP contribution >= 0.6 is 23.5 Å². The van der Waals surface area contributed by atoms with Gasteiger partial charge in [-0.05, 0) is 29.2 Å². The molecule has 0 bridgehead atoms. The Hall–Kier alpha value is -0.600. The maximum absolute atomic E-state index is 2.24. The molecule has 0 unspecified atom stereocenters. The van der Waals surface area contributed by atoms with E-state index in [1.54, 1.807) is 0 Å². The van der Waals surface area contributed by atoms with Gasteiger partial charge in [-0.2, -0.15) is 0 Å². The zero-order chi connectivity index (χ0) is 10.7. The summed E-state index contributed by atoms with van der Waals surface area (Å²) in [5.74, 6) is 0. The molecule has 0 nitrogen and oxygen atoms in total. The largest absolute Gasteiger partial charge is 0.146 e. The van der Waals surface area contributed by atoms with E-state index >= 15 is 0 Å². The highest BCUT2D eigenvalue weighted by Crippen LogP contribution is 2.41. The summed E-state index contributed by atoms with van der Waals surface area (Å²) >= 11 is 3.80. The second-order valence-electron chi connectivity index (χ2n) is 3.37. The monoisotopic (exact) mass is 234 g/mol. The maximum Gasteiger partial charge on any atom is 0.0751 e. The van der Waals surface area contributed by atoms with Crippen LogP contribution in [-0.4, -0.2) is 12.5 Å². The van der Waals surface area contributed by atoms with Gasteiger partial charge in [0, 0.05) is 0 Å². The molecule has 0 atom stereocenters. The van der Waals surface area contributed by atoms with E-state index in [2.05, 4.69) is 55.0 Å². The Morgan fingerprint density at radius 1 is 0.867 bits per heavy atom. The van der Waals surface area contributed by atoms with Crippen molar-refractivity contribution < 1.29 is 0 Å². The van der Waals surface area contributed by atoms with E-state index in [0.717, 1.165) is 0 Å². The summed E-state index contributed by atoms with van der Waals surface area (Å²) in [5, 5.41) is 0. The maximum atomic E-state index is 2.24. The lowest BCUT2D eigenvalue weighted by molar-refractivity contribution is 1.41. The van der Waals surface area contributed by atoms with Gasteiger partial charge in [-0.1, -0.05) is 42.5 Å². The van der Waals surface area contributed by atoms with Crippen LogP contribution in [0.2, 0.25) is 0 Å². The van der Waals surface area contributed by atoms with E-state index in [0.29, 0.717) is 4.58 Å². The first-order valence-corrected chi connectivity index (χ1v) is 7.47. The molecule has 0 aromatic rings. The lowest BCUT2D eigenvalue weighted by Gasteiger charge is -2.13. The van der Waals surface area contributed by atoms with E-state index in [1.807, 2.05) is 23.5 Å². The summed E-state index contributed by atoms with van der Waals surface area (Å²) in [6, 6.07) is 15.2. The van der Waals surface area contributed by atoms with Gasteiger partial charge >= 0.3 is 0 Å². The van der Waals surface area contributed by atoms with Crippen LogP contribution in [0.25, 0.3) is 11.1 Å². The minimum atomic E-state index is 0.530. The molecule has 0 fully saturated rings. The molecule has 2 heteroatoms. The predicted octanol–water partition coefficient (Wildman–Crippen LogP) is 4.52. The van der Waals surface area contributed by atoms with Gasteiger partial charge in [-0.3, -0.25) is 0 Å². The van der Waals surface area contributed by atoms with Crippen molar-refractivity contribution >= 4 is 23.5 Å². The molecular weight excluding hydrogens is 220 g/mol. The topological polar surface area (TPSA) is 0 Å². The third kappa shape index (κ3) is 2.16. The van der Waals surface area contributed by atoms with Crippen molar-refractivity contribution in [3.8, 4) is 11.1 Å². The van der Waals surface area contributed by atoms with Crippen LogP contribution in [0.1, 0.15) is 10.1 Å². The SMILES string of the molecule is CSC(SC)c1ccccc2cccc1-2. The van der Waals surface area contributed by atoms with Crippen LogP contribution in [0.15, 0.2) is 42.5 Å². The van der Waals surface area contributed by atoms with E-state index < -0.39 is 0 Å². The summed E-state index contributed by atoms with van der Waals surface area (Å²) in [6.45, 7) is 0. The molecular formula is C13H14S2. The lowest BCUT2D eigenvalue weighted by Crippen LogP contribution is -1.88. The zero-order valence-corrected chi connectivity index (χ0v) is 10.6. The number of rotatable bonds is 3. The van der Waals surface area contributed by atoms with E-state index in [1.165, 1.54) is 16.7 Å². The highest BCUT2D eigenvalue weighted by molar-refractivity contribution is 8.15. The zero-order valence-electron chi connectivity index (χ0n) is 8.94. The fraction of sp³-hybridized carbons (Fsp3) is 0.231. The molecule has 0 aliphatic heterocycles. The standard InChI is InChI=1S/C13H14S2/c1-14-13(15-2)12-8-4-3-6-10-7-5-9-11(10)12/h3-9,13H,1-2H3. The average molecular weight is 234 g/mol. The Kier molecular flexibility index (Phi) is 3.60. The quantitative estimate of drug-likeness (QED) is 0.716. The fourth-order valence-electron chi connectivity index (χ4n) is 1.81. The number of hydrogen-bond donors (Lipinski definition) is 0. The van der Waals surface area contributed by atoms with E-state index in [9.17, 15) is 0 Å². The molecule has 0 radical (unpaired) electrons. The molecule has 0 aromatic heterocycles. The molecule has 2 aliphatic rings. The van der Waals surface area contributed by atoms with Gasteiger partial charge in [0.05, 0.1) is 4.58 Å². The molecule has 0 saturated carbocycles. The van der Waals surface area contributed by atoms with Gasteiger partial charge in [0.2, 0.25) is 0 Å². The molecule has 78 valence electrons. The normalized spacial score (nSPS) is 11.1. The Morgan fingerprint density at radius 3 is 2.27 bits per heavy atom. The Balaban J connectivity index is 2.53. The smallest absolute Gasteiger partial charge is 0.0751 e. The van der Waals surface area contributed by atoms with Gasteiger partial charge in [0.15, 0.2) is 0 Å². The third-order valence-electron chi connectivity index (χ3n) is 2.51. The molecule has 0 amide bonds. The molecule has 2 rings (SSSR count). The van der Waals surface area contributed by atoms with Crippen molar-refractivity contribution in [2.24, 2.45) is 0 Å². The van der Waals surface area contributed by atoms with Crippen LogP contribution < -0.4 is 0 Å². The van der Waals surface area contributed by atoms with Gasteiger partial charge in [0.1, 0.15) is 0 Å². The van der Waals surface area contributed by atoms with Crippen molar-refractivity contribution in [1.82, 2.24) is 0 Å². The molecule has 0 heterocycles. The van der Waals surface area contributed by atoms with Crippen LogP contribution in [0, 0.1) is 0 Å². The summed E-state index contributed by atoms with van der Waals surface area (Å²) in [4.78, 5) is 0. The number of hydrogen-bond acceptors (Lipinski definition) is 2. The number of fused-ring (bicyclic) bond motifs is 1. The first-order valence-electron chi connectivity index (χ1n) is 4.90. The summed E-state index contributed by atoms with van der Waals surface area (Å²) in [5.41, 5.74) is 4.15. The minimum absolute atomic E-state index is 0.530. The van der Waals surface area contributed by atoms with Gasteiger partial charge in [-0.25, -0.2) is 0 Å². The molecule has 0 saturated heterocycles. The van der Waals surface area contributed by atoms with Crippen molar-refractivity contribution in [3.63, 3.8) is 0 Å². The van der Waals surface area contributed by atoms with Crippen LogP contribution in [-0.2, 0) is 0 Å². The van der Waals surface area contributed by atoms with Crippen molar-refractivity contribution in [3.05, 3.63) is 48.0 Å². The van der Waals surface area contributed by atoms with Crippen LogP contribution in [0.5, 0.6) is 0 Å². The van der Waals surface area contributed by atoms with Crippen molar-refractivity contribution in [1.29, 1.82) is 0 Å². The van der Waals surface area contributed by atoms with Crippen LogP contribution in [0.3, 0.4) is 0 Å². The Morgan fingerprint density at radius 2 is 1.53 bits per heavy atom. The average Bonchev–Trinajstić information content (AvgIpc) is 2.63. The molecule has 0 spiro atoms. The van der Waals surface area contributed by atoms with Gasteiger partial charge < -0.3 is 0 Å². The van der Waals surface area contributed by atoms with Gasteiger partial charge in [0.25, 0.3) is 0 Å². The first-order chi connectivity index (χ1) is 7.36. The molecule has 0 N–H and O–H groups in total. The summed E-state index contributed by atoms with van der Waals surface area (Å²) in [6.07, 6.45) is 4.34. The fourth-order valence-corrected chi connectivity index (χ4v) is 3.49. The summed E-state index contributed by atoms with van der Waals surface area (Å²) in [7, 11) is 0. The second-order valence-corrected chi connectivity index (χ2v) is 5.56. The first kappa shape index (κ1) is 10.9. The Bertz CT molecular complexity index is 407. The Labute approximate surface area is 99.8 Å². The van der Waals surface area contributed by atoms with Crippen molar-refractivity contribution in [2.75, 3.05) is 12.5 Å². The van der Waals surface area contributed by atoms with Crippen LogP contribution in [0.4, 0.5) is 0 Å². The highest BCUT2D eigenvalue weighted by Gasteiger charge is 2.13. The highest BCUT2D eigenvalue weighted by atomic mass is 32.2. The van der Waals surface area contributed by atoms with E-state index in [4.69, 9.17) is 0 Å². The van der Waals surface area contributed by atoms with E-state index in [-0.39, 0.29) is 0 Å². The summed E-state index contributed by atoms with van der Waals surface area (Å²) < 4.78 is 0.530. The molecule has 2 aliphatic carbocycles. The third-order valence-corrected chi connectivity index (χ3v) is 5.02. The minimum Gasteiger partial charge on any atom is -0.146 e. The second kappa shape index (κ2) is 4.95. The molecule has 15 heavy (non-hydrogen) atoms. The molecule has 0 aromatic carbocycles. The van der Waals surface area contributed by atoms with Gasteiger partial charge in [-0.15, -0.1) is 23.5 Å². The predicted molar refractivity (Wildman–Crippen MR) is 72.8 cm³/mol. The number of thioether (sulfide) groups is 2. The van der Waals surface area contributed by atoms with Crippen molar-refractivity contribution in [2.45, 2.75) is 4.58 Å².